The Morgan fingerprint density at radius 3 is 2.69 bits per heavy atom. The van der Waals surface area contributed by atoms with Crippen LogP contribution in [0.15, 0.2) is 12.3 Å². The van der Waals surface area contributed by atoms with Crippen LogP contribution in [0.3, 0.4) is 0 Å². The van der Waals surface area contributed by atoms with Gasteiger partial charge >= 0.3 is 5.97 Å². The number of aromatic carboxylic acids is 1. The smallest absolute Gasteiger partial charge is 0.338 e. The van der Waals surface area contributed by atoms with Gasteiger partial charge in [-0.2, -0.15) is 0 Å². The summed E-state index contributed by atoms with van der Waals surface area (Å²) in [7, 11) is 0. The fourth-order valence-corrected chi connectivity index (χ4v) is 1.08. The minimum atomic E-state index is -1.29. The van der Waals surface area contributed by atoms with Gasteiger partial charge in [-0.05, 0) is 11.5 Å². The summed E-state index contributed by atoms with van der Waals surface area (Å²) in [5.74, 6) is -2.13. The minimum absolute atomic E-state index is 0.0187. The average molecular weight is 226 g/mol. The van der Waals surface area contributed by atoms with E-state index in [0.717, 1.165) is 6.07 Å². The van der Waals surface area contributed by atoms with E-state index in [1.54, 1.807) is 0 Å². The molecule has 88 valence electrons. The highest BCUT2D eigenvalue weighted by atomic mass is 19.1. The van der Waals surface area contributed by atoms with Crippen molar-refractivity contribution in [2.24, 2.45) is 5.41 Å². The number of nitrogens with one attached hydrogen (secondary N) is 1. The number of hydrogen-bond acceptors (Lipinski definition) is 3. The van der Waals surface area contributed by atoms with Crippen LogP contribution in [-0.4, -0.2) is 22.6 Å². The molecule has 1 aromatic heterocycles. The van der Waals surface area contributed by atoms with E-state index in [9.17, 15) is 9.18 Å². The van der Waals surface area contributed by atoms with Crippen molar-refractivity contribution >= 4 is 11.8 Å². The van der Waals surface area contributed by atoms with Gasteiger partial charge in [-0.25, -0.2) is 14.2 Å². The predicted octanol–water partition coefficient (Wildman–Crippen LogP) is 2.38. The van der Waals surface area contributed by atoms with E-state index in [-0.39, 0.29) is 16.8 Å². The van der Waals surface area contributed by atoms with Gasteiger partial charge in [0.25, 0.3) is 0 Å². The summed E-state index contributed by atoms with van der Waals surface area (Å²) in [5.41, 5.74) is -0.403. The molecule has 0 aromatic carbocycles. The molecule has 0 aliphatic carbocycles. The quantitative estimate of drug-likeness (QED) is 0.830. The van der Waals surface area contributed by atoms with Crippen LogP contribution < -0.4 is 5.32 Å². The van der Waals surface area contributed by atoms with Crippen LogP contribution in [0, 0.1) is 11.2 Å². The maximum Gasteiger partial charge on any atom is 0.338 e. The maximum atomic E-state index is 13.6. The van der Waals surface area contributed by atoms with Crippen LogP contribution in [0.1, 0.15) is 31.1 Å². The molecular formula is C11H15FN2O2. The lowest BCUT2D eigenvalue weighted by Gasteiger charge is -2.19. The van der Waals surface area contributed by atoms with Gasteiger partial charge in [0, 0.05) is 12.7 Å². The Hall–Kier alpha value is -1.65. The number of hydrogen-bond donors (Lipinski definition) is 2. The number of carbonyl (C=O) groups is 1. The third-order valence-corrected chi connectivity index (χ3v) is 1.91. The van der Waals surface area contributed by atoms with Crippen LogP contribution in [0.2, 0.25) is 0 Å². The molecular weight excluding hydrogens is 211 g/mol. The lowest BCUT2D eigenvalue weighted by Crippen LogP contribution is -2.20. The summed E-state index contributed by atoms with van der Waals surface area (Å²) >= 11 is 0. The molecule has 0 unspecified atom stereocenters. The number of pyridine rings is 1. The molecule has 0 aliphatic rings. The zero-order valence-corrected chi connectivity index (χ0v) is 9.54. The Kier molecular flexibility index (Phi) is 3.47. The van der Waals surface area contributed by atoms with Crippen LogP contribution >= 0.6 is 0 Å². The lowest BCUT2D eigenvalue weighted by molar-refractivity contribution is 0.0692. The Morgan fingerprint density at radius 2 is 2.19 bits per heavy atom. The third kappa shape index (κ3) is 3.18. The molecule has 0 aliphatic heterocycles. The summed E-state index contributed by atoms with van der Waals surface area (Å²) in [6.45, 7) is 6.47. The van der Waals surface area contributed by atoms with Gasteiger partial charge in [-0.1, -0.05) is 20.8 Å². The van der Waals surface area contributed by atoms with Crippen molar-refractivity contribution < 1.29 is 14.3 Å². The summed E-state index contributed by atoms with van der Waals surface area (Å²) in [6.07, 6.45) is 1.28. The van der Waals surface area contributed by atoms with Gasteiger partial charge in [0.2, 0.25) is 0 Å². The Morgan fingerprint density at radius 1 is 1.56 bits per heavy atom. The minimum Gasteiger partial charge on any atom is -0.478 e. The molecule has 4 nitrogen and oxygen atoms in total. The highest BCUT2D eigenvalue weighted by Crippen LogP contribution is 2.18. The number of halogens is 1. The van der Waals surface area contributed by atoms with Crippen LogP contribution in [0.25, 0.3) is 0 Å². The van der Waals surface area contributed by atoms with Gasteiger partial charge in [-0.15, -0.1) is 0 Å². The van der Waals surface area contributed by atoms with Crippen molar-refractivity contribution in [1.29, 1.82) is 0 Å². The Balaban J connectivity index is 2.90. The number of anilines is 1. The topological polar surface area (TPSA) is 62.2 Å². The zero-order valence-electron chi connectivity index (χ0n) is 9.54. The molecule has 5 heteroatoms. The second-order valence-corrected chi connectivity index (χ2v) is 4.74. The van der Waals surface area contributed by atoms with Gasteiger partial charge < -0.3 is 10.4 Å². The molecule has 0 atom stereocenters. The molecule has 16 heavy (non-hydrogen) atoms. The van der Waals surface area contributed by atoms with E-state index < -0.39 is 11.8 Å². The Bertz CT molecular complexity index is 399. The number of carboxylic acids is 1. The predicted molar refractivity (Wildman–Crippen MR) is 59.1 cm³/mol. The highest BCUT2D eigenvalue weighted by molar-refractivity contribution is 5.88. The van der Waals surface area contributed by atoms with E-state index in [4.69, 9.17) is 5.11 Å². The summed E-state index contributed by atoms with van der Waals surface area (Å²) in [5, 5.41) is 11.5. The molecule has 2 N–H and O–H groups in total. The molecule has 0 spiro atoms. The van der Waals surface area contributed by atoms with Gasteiger partial charge in [-0.3, -0.25) is 0 Å². The number of carboxylic acid groups (broad SMARTS) is 1. The molecule has 0 fully saturated rings. The second kappa shape index (κ2) is 4.47. The van der Waals surface area contributed by atoms with Crippen molar-refractivity contribution in [3.05, 3.63) is 23.6 Å². The molecule has 0 saturated heterocycles. The van der Waals surface area contributed by atoms with Gasteiger partial charge in [0.15, 0.2) is 11.6 Å². The molecule has 1 heterocycles. The van der Waals surface area contributed by atoms with Gasteiger partial charge in [0.1, 0.15) is 5.56 Å². The SMILES string of the molecule is CC(C)(C)CNc1nccc(C(=O)O)c1F. The first-order valence-corrected chi connectivity index (χ1v) is 4.93. The fraction of sp³-hybridized carbons (Fsp3) is 0.455. The summed E-state index contributed by atoms with van der Waals surface area (Å²) in [6, 6.07) is 1.14. The highest BCUT2D eigenvalue weighted by Gasteiger charge is 2.16. The monoisotopic (exact) mass is 226 g/mol. The number of nitrogens with zero attached hydrogens (tertiary/aromatic N) is 1. The van der Waals surface area contributed by atoms with Crippen molar-refractivity contribution in [3.63, 3.8) is 0 Å². The molecule has 0 saturated carbocycles. The molecule has 1 aromatic rings. The van der Waals surface area contributed by atoms with E-state index in [1.165, 1.54) is 6.20 Å². The third-order valence-electron chi connectivity index (χ3n) is 1.91. The molecule has 1 rings (SSSR count). The van der Waals surface area contributed by atoms with E-state index in [2.05, 4.69) is 10.3 Å². The Labute approximate surface area is 93.5 Å². The first kappa shape index (κ1) is 12.4. The maximum absolute atomic E-state index is 13.6. The average Bonchev–Trinajstić information content (AvgIpc) is 2.14. The zero-order chi connectivity index (χ0) is 12.3. The van der Waals surface area contributed by atoms with Crippen LogP contribution in [0.4, 0.5) is 10.2 Å². The summed E-state index contributed by atoms with van der Waals surface area (Å²) < 4.78 is 13.6. The van der Waals surface area contributed by atoms with Crippen LogP contribution in [0.5, 0.6) is 0 Å². The normalized spacial score (nSPS) is 11.2. The van der Waals surface area contributed by atoms with Crippen molar-refractivity contribution in [2.75, 3.05) is 11.9 Å². The van der Waals surface area contributed by atoms with Crippen molar-refractivity contribution in [1.82, 2.24) is 4.98 Å². The largest absolute Gasteiger partial charge is 0.478 e. The fourth-order valence-electron chi connectivity index (χ4n) is 1.08. The lowest BCUT2D eigenvalue weighted by atomic mass is 9.97. The van der Waals surface area contributed by atoms with E-state index in [0.29, 0.717) is 6.54 Å². The van der Waals surface area contributed by atoms with Crippen LogP contribution in [-0.2, 0) is 0 Å². The number of rotatable bonds is 3. The molecule has 0 radical (unpaired) electrons. The van der Waals surface area contributed by atoms with E-state index in [1.807, 2.05) is 20.8 Å². The standard InChI is InChI=1S/C11H15FN2O2/c1-11(2,3)6-14-9-8(12)7(10(15)16)4-5-13-9/h4-5H,6H2,1-3H3,(H,13,14)(H,15,16). The number of aromatic nitrogens is 1. The molecule has 0 bridgehead atoms. The molecule has 0 amide bonds. The van der Waals surface area contributed by atoms with Crippen molar-refractivity contribution in [3.8, 4) is 0 Å². The summed E-state index contributed by atoms with van der Waals surface area (Å²) in [4.78, 5) is 14.5. The first-order chi connectivity index (χ1) is 7.31. The second-order valence-electron chi connectivity index (χ2n) is 4.74. The van der Waals surface area contributed by atoms with Gasteiger partial charge in [0.05, 0.1) is 0 Å². The van der Waals surface area contributed by atoms with Crippen molar-refractivity contribution in [2.45, 2.75) is 20.8 Å². The first-order valence-electron chi connectivity index (χ1n) is 4.93. The van der Waals surface area contributed by atoms with E-state index >= 15 is 0 Å².